The first kappa shape index (κ1) is 21.9. The van der Waals surface area contributed by atoms with E-state index in [-0.39, 0.29) is 28.7 Å². The molecule has 2 aromatic carbocycles. The topological polar surface area (TPSA) is 72.5 Å². The number of benzene rings is 2. The number of halogens is 4. The molecule has 3 aromatic rings. The molecule has 0 atom stereocenters. The molecule has 31 heavy (non-hydrogen) atoms. The second-order valence-electron chi connectivity index (χ2n) is 6.24. The molecule has 3 rings (SSSR count). The first-order valence-corrected chi connectivity index (χ1v) is 8.85. The number of anilines is 3. The van der Waals surface area contributed by atoms with Crippen molar-refractivity contribution in [2.24, 2.45) is 0 Å². The Kier molecular flexibility index (Phi) is 6.28. The van der Waals surface area contributed by atoms with Gasteiger partial charge in [-0.05, 0) is 30.3 Å². The van der Waals surface area contributed by atoms with Crippen molar-refractivity contribution in [3.05, 3.63) is 71.7 Å². The van der Waals surface area contributed by atoms with Gasteiger partial charge in [0.25, 0.3) is 5.91 Å². The summed E-state index contributed by atoms with van der Waals surface area (Å²) >= 11 is 0. The smallest absolute Gasteiger partial charge is 0.417 e. The minimum absolute atomic E-state index is 0.0584. The van der Waals surface area contributed by atoms with Crippen molar-refractivity contribution < 1.29 is 31.8 Å². The second-order valence-corrected chi connectivity index (χ2v) is 6.24. The number of aromatic nitrogens is 1. The number of alkyl halides is 3. The first-order chi connectivity index (χ1) is 14.7. The molecule has 0 aliphatic rings. The van der Waals surface area contributed by atoms with Gasteiger partial charge >= 0.3 is 6.18 Å². The van der Waals surface area contributed by atoms with E-state index >= 15 is 0 Å². The number of hydrogen-bond donors (Lipinski definition) is 2. The van der Waals surface area contributed by atoms with Crippen molar-refractivity contribution in [3.63, 3.8) is 0 Å². The Balaban J connectivity index is 2.03. The van der Waals surface area contributed by atoms with Gasteiger partial charge in [0.1, 0.15) is 11.6 Å². The van der Waals surface area contributed by atoms with E-state index in [1.165, 1.54) is 44.7 Å². The summed E-state index contributed by atoms with van der Waals surface area (Å²) in [5.41, 5.74) is -1.56. The van der Waals surface area contributed by atoms with Crippen LogP contribution in [0.1, 0.15) is 15.9 Å². The van der Waals surface area contributed by atoms with Gasteiger partial charge in [0, 0.05) is 12.1 Å². The Morgan fingerprint density at radius 2 is 1.77 bits per heavy atom. The van der Waals surface area contributed by atoms with Crippen molar-refractivity contribution in [1.82, 2.24) is 4.98 Å². The molecule has 0 spiro atoms. The maximum atomic E-state index is 13.7. The van der Waals surface area contributed by atoms with Crippen molar-refractivity contribution in [3.8, 4) is 11.6 Å². The van der Waals surface area contributed by atoms with Crippen LogP contribution < -0.4 is 20.1 Å². The summed E-state index contributed by atoms with van der Waals surface area (Å²) in [6, 6.07) is 9.63. The molecule has 1 amide bonds. The summed E-state index contributed by atoms with van der Waals surface area (Å²) in [5, 5.41) is 5.13. The highest BCUT2D eigenvalue weighted by atomic mass is 19.4. The number of rotatable bonds is 6. The molecule has 0 bridgehead atoms. The Morgan fingerprint density at radius 1 is 1.00 bits per heavy atom. The number of ether oxygens (including phenoxy) is 2. The fourth-order valence-electron chi connectivity index (χ4n) is 2.82. The van der Waals surface area contributed by atoms with Crippen LogP contribution in [0.25, 0.3) is 0 Å². The standard InChI is InChI=1S/C21H17F4N3O3/c1-30-17-10-12(22)6-8-15(17)28-16-5-3-4-14(21(23,24)25)19(16)20(29)27-13-7-9-18(31-2)26-11-13/h3-11,28H,1-2H3,(H,27,29). The number of carbonyl (C=O) groups excluding carboxylic acids is 1. The molecule has 0 saturated carbocycles. The predicted molar refractivity (Wildman–Crippen MR) is 106 cm³/mol. The average molecular weight is 435 g/mol. The number of amides is 1. The molecular weight excluding hydrogens is 418 g/mol. The van der Waals surface area contributed by atoms with Crippen LogP contribution in [0.4, 0.5) is 34.6 Å². The molecule has 1 heterocycles. The molecule has 162 valence electrons. The fourth-order valence-corrected chi connectivity index (χ4v) is 2.82. The van der Waals surface area contributed by atoms with E-state index in [1.54, 1.807) is 0 Å². The van der Waals surface area contributed by atoms with Crippen molar-refractivity contribution in [2.75, 3.05) is 24.9 Å². The number of pyridine rings is 1. The molecule has 0 fully saturated rings. The molecule has 0 aliphatic carbocycles. The third kappa shape index (κ3) is 5.03. The third-order valence-electron chi connectivity index (χ3n) is 4.23. The number of methoxy groups -OCH3 is 2. The predicted octanol–water partition coefficient (Wildman–Crippen LogP) is 5.25. The van der Waals surface area contributed by atoms with E-state index in [9.17, 15) is 22.4 Å². The summed E-state index contributed by atoms with van der Waals surface area (Å²) in [5.74, 6) is -1.26. The van der Waals surface area contributed by atoms with Gasteiger partial charge in [0.15, 0.2) is 0 Å². The molecule has 1 aromatic heterocycles. The highest BCUT2D eigenvalue weighted by molar-refractivity contribution is 6.09. The summed E-state index contributed by atoms with van der Waals surface area (Å²) in [4.78, 5) is 16.8. The van der Waals surface area contributed by atoms with Gasteiger partial charge in [0.05, 0.1) is 48.6 Å². The highest BCUT2D eigenvalue weighted by Gasteiger charge is 2.36. The van der Waals surface area contributed by atoms with Gasteiger partial charge in [-0.25, -0.2) is 9.37 Å². The highest BCUT2D eigenvalue weighted by Crippen LogP contribution is 2.38. The third-order valence-corrected chi connectivity index (χ3v) is 4.23. The lowest BCUT2D eigenvalue weighted by Gasteiger charge is -2.19. The van der Waals surface area contributed by atoms with Gasteiger partial charge < -0.3 is 20.1 Å². The Hall–Kier alpha value is -3.82. The summed E-state index contributed by atoms with van der Waals surface area (Å²) in [7, 11) is 2.69. The molecule has 0 saturated heterocycles. The molecular formula is C21H17F4N3O3. The zero-order valence-electron chi connectivity index (χ0n) is 16.4. The first-order valence-electron chi connectivity index (χ1n) is 8.85. The molecule has 6 nitrogen and oxygen atoms in total. The largest absolute Gasteiger partial charge is 0.494 e. The average Bonchev–Trinajstić information content (AvgIpc) is 2.74. The number of nitrogens with zero attached hydrogens (tertiary/aromatic N) is 1. The molecule has 10 heteroatoms. The van der Waals surface area contributed by atoms with Gasteiger partial charge in [-0.15, -0.1) is 0 Å². The van der Waals surface area contributed by atoms with Crippen LogP contribution in [0.2, 0.25) is 0 Å². The van der Waals surface area contributed by atoms with Crippen LogP contribution in [-0.4, -0.2) is 25.1 Å². The minimum atomic E-state index is -4.80. The van der Waals surface area contributed by atoms with E-state index in [2.05, 4.69) is 15.6 Å². The Morgan fingerprint density at radius 3 is 2.39 bits per heavy atom. The van der Waals surface area contributed by atoms with Crippen LogP contribution in [-0.2, 0) is 6.18 Å². The van der Waals surface area contributed by atoms with Crippen LogP contribution in [0.3, 0.4) is 0 Å². The van der Waals surface area contributed by atoms with Crippen LogP contribution in [0, 0.1) is 5.82 Å². The van der Waals surface area contributed by atoms with Crippen LogP contribution in [0.15, 0.2) is 54.7 Å². The summed E-state index contributed by atoms with van der Waals surface area (Å²) in [6.07, 6.45) is -3.54. The normalized spacial score (nSPS) is 11.0. The number of hydrogen-bond acceptors (Lipinski definition) is 5. The second kappa shape index (κ2) is 8.90. The molecule has 0 aliphatic heterocycles. The SMILES string of the molecule is COc1ccc(NC(=O)c2c(Nc3ccc(F)cc3OC)cccc2C(F)(F)F)cn1. The fraction of sp³-hybridized carbons (Fsp3) is 0.143. The van der Waals surface area contributed by atoms with Crippen LogP contribution in [0.5, 0.6) is 11.6 Å². The maximum absolute atomic E-state index is 13.7. The lowest BCUT2D eigenvalue weighted by molar-refractivity contribution is -0.137. The summed E-state index contributed by atoms with van der Waals surface area (Å²) in [6.45, 7) is 0. The Bertz CT molecular complexity index is 1090. The molecule has 0 radical (unpaired) electrons. The number of carbonyl (C=O) groups is 1. The number of nitrogens with one attached hydrogen (secondary N) is 2. The molecule has 2 N–H and O–H groups in total. The van der Waals surface area contributed by atoms with Crippen molar-refractivity contribution >= 4 is 23.0 Å². The quantitative estimate of drug-likeness (QED) is 0.518. The monoisotopic (exact) mass is 435 g/mol. The van der Waals surface area contributed by atoms with Gasteiger partial charge in [-0.2, -0.15) is 13.2 Å². The lowest BCUT2D eigenvalue weighted by Crippen LogP contribution is -2.20. The van der Waals surface area contributed by atoms with Gasteiger partial charge in [-0.3, -0.25) is 4.79 Å². The zero-order valence-corrected chi connectivity index (χ0v) is 16.4. The molecule has 0 unspecified atom stereocenters. The van der Waals surface area contributed by atoms with Crippen LogP contribution >= 0.6 is 0 Å². The summed E-state index contributed by atoms with van der Waals surface area (Å²) < 4.78 is 64.4. The van der Waals surface area contributed by atoms with Gasteiger partial charge in [0.2, 0.25) is 5.88 Å². The van der Waals surface area contributed by atoms with E-state index in [4.69, 9.17) is 9.47 Å². The van der Waals surface area contributed by atoms with Crippen molar-refractivity contribution in [1.29, 1.82) is 0 Å². The van der Waals surface area contributed by atoms with E-state index in [0.29, 0.717) is 0 Å². The minimum Gasteiger partial charge on any atom is -0.494 e. The maximum Gasteiger partial charge on any atom is 0.417 e. The van der Waals surface area contributed by atoms with Crippen molar-refractivity contribution in [2.45, 2.75) is 6.18 Å². The van der Waals surface area contributed by atoms with E-state index < -0.39 is 29.0 Å². The van der Waals surface area contributed by atoms with E-state index in [0.717, 1.165) is 24.3 Å². The lowest BCUT2D eigenvalue weighted by atomic mass is 10.0. The van der Waals surface area contributed by atoms with Gasteiger partial charge in [-0.1, -0.05) is 6.07 Å². The van der Waals surface area contributed by atoms with E-state index in [1.807, 2.05) is 0 Å². The zero-order chi connectivity index (χ0) is 22.6. The Labute approximate surface area is 174 Å².